The lowest BCUT2D eigenvalue weighted by Gasteiger charge is -2.13. The fourth-order valence-electron chi connectivity index (χ4n) is 1.31. The minimum Gasteiger partial charge on any atom is -0.312 e. The molecule has 0 spiro atoms. The Bertz CT molecular complexity index is 244. The highest BCUT2D eigenvalue weighted by Crippen LogP contribution is 2.14. The van der Waals surface area contributed by atoms with Crippen molar-refractivity contribution in [3.63, 3.8) is 0 Å². The lowest BCUT2D eigenvalue weighted by atomic mass is 10.1. The topological polar surface area (TPSA) is 24.9 Å². The first-order valence-corrected chi connectivity index (χ1v) is 4.57. The maximum atomic E-state index is 4.31. The Labute approximate surface area is 79.7 Å². The number of pyridine rings is 1. The first kappa shape index (κ1) is 9.93. The standard InChI is InChI=1S/C11H16N2/c1-3-4-7-10(12-2)11-8-5-6-9-13-11/h3,5-6,8-10,12H,1,4,7H2,2H3. The van der Waals surface area contributed by atoms with E-state index in [0.29, 0.717) is 6.04 Å². The van der Waals surface area contributed by atoms with Crippen molar-refractivity contribution in [3.8, 4) is 0 Å². The molecule has 0 aliphatic carbocycles. The Balaban J connectivity index is 2.61. The molecule has 0 amide bonds. The Hall–Kier alpha value is -1.15. The van der Waals surface area contributed by atoms with E-state index in [4.69, 9.17) is 0 Å². The van der Waals surface area contributed by atoms with Crippen LogP contribution in [0.5, 0.6) is 0 Å². The summed E-state index contributed by atoms with van der Waals surface area (Å²) in [4.78, 5) is 4.31. The Kier molecular flexibility index (Phi) is 4.19. The van der Waals surface area contributed by atoms with Gasteiger partial charge in [-0.25, -0.2) is 0 Å². The third-order valence-corrected chi connectivity index (χ3v) is 2.05. The van der Waals surface area contributed by atoms with Gasteiger partial charge < -0.3 is 5.32 Å². The highest BCUT2D eigenvalue weighted by molar-refractivity contribution is 5.08. The van der Waals surface area contributed by atoms with E-state index in [1.807, 2.05) is 37.5 Å². The molecule has 1 rings (SSSR count). The van der Waals surface area contributed by atoms with Crippen molar-refractivity contribution in [1.29, 1.82) is 0 Å². The van der Waals surface area contributed by atoms with Gasteiger partial charge in [-0.05, 0) is 32.0 Å². The average Bonchev–Trinajstić information content (AvgIpc) is 2.21. The summed E-state index contributed by atoms with van der Waals surface area (Å²) in [7, 11) is 1.96. The van der Waals surface area contributed by atoms with Gasteiger partial charge in [0.25, 0.3) is 0 Å². The minimum absolute atomic E-state index is 0.346. The molecule has 0 fully saturated rings. The summed E-state index contributed by atoms with van der Waals surface area (Å²) in [6.07, 6.45) is 5.83. The van der Waals surface area contributed by atoms with Crippen molar-refractivity contribution in [2.75, 3.05) is 7.05 Å². The lowest BCUT2D eigenvalue weighted by Crippen LogP contribution is -2.17. The third kappa shape index (κ3) is 2.99. The number of hydrogen-bond acceptors (Lipinski definition) is 2. The van der Waals surface area contributed by atoms with Gasteiger partial charge >= 0.3 is 0 Å². The highest BCUT2D eigenvalue weighted by atomic mass is 14.9. The summed E-state index contributed by atoms with van der Waals surface area (Å²) in [5.41, 5.74) is 1.10. The molecule has 2 heteroatoms. The molecule has 0 saturated heterocycles. The number of rotatable bonds is 5. The number of allylic oxidation sites excluding steroid dienone is 1. The number of aromatic nitrogens is 1. The van der Waals surface area contributed by atoms with Gasteiger partial charge in [0.2, 0.25) is 0 Å². The zero-order chi connectivity index (χ0) is 9.52. The predicted octanol–water partition coefficient (Wildman–Crippen LogP) is 2.31. The predicted molar refractivity (Wildman–Crippen MR) is 55.5 cm³/mol. The van der Waals surface area contributed by atoms with Crippen LogP contribution in [0.4, 0.5) is 0 Å². The van der Waals surface area contributed by atoms with E-state index in [0.717, 1.165) is 18.5 Å². The summed E-state index contributed by atoms with van der Waals surface area (Å²) < 4.78 is 0. The number of nitrogens with one attached hydrogen (secondary N) is 1. The molecule has 1 N–H and O–H groups in total. The summed E-state index contributed by atoms with van der Waals surface area (Å²) in [5, 5.41) is 3.24. The fourth-order valence-corrected chi connectivity index (χ4v) is 1.31. The summed E-state index contributed by atoms with van der Waals surface area (Å²) in [6.45, 7) is 3.71. The van der Waals surface area contributed by atoms with Crippen molar-refractivity contribution >= 4 is 0 Å². The Morgan fingerprint density at radius 1 is 1.62 bits per heavy atom. The number of nitrogens with zero attached hydrogens (tertiary/aromatic N) is 1. The molecule has 0 aliphatic heterocycles. The van der Waals surface area contributed by atoms with Gasteiger partial charge in [0, 0.05) is 12.2 Å². The second kappa shape index (κ2) is 5.49. The molecule has 0 aromatic carbocycles. The molecule has 1 unspecified atom stereocenters. The molecule has 1 heterocycles. The van der Waals surface area contributed by atoms with E-state index in [-0.39, 0.29) is 0 Å². The molecular formula is C11H16N2. The molecule has 1 atom stereocenters. The van der Waals surface area contributed by atoms with Crippen LogP contribution < -0.4 is 5.32 Å². The molecule has 1 aromatic heterocycles. The van der Waals surface area contributed by atoms with Crippen LogP contribution in [0.3, 0.4) is 0 Å². The van der Waals surface area contributed by atoms with Crippen molar-refractivity contribution in [2.45, 2.75) is 18.9 Å². The Morgan fingerprint density at radius 2 is 2.46 bits per heavy atom. The Morgan fingerprint density at radius 3 is 3.00 bits per heavy atom. The van der Waals surface area contributed by atoms with Gasteiger partial charge in [0.05, 0.1) is 5.69 Å². The van der Waals surface area contributed by atoms with E-state index in [1.165, 1.54) is 0 Å². The first-order valence-electron chi connectivity index (χ1n) is 4.57. The summed E-state index contributed by atoms with van der Waals surface area (Å²) >= 11 is 0. The fraction of sp³-hybridized carbons (Fsp3) is 0.364. The average molecular weight is 176 g/mol. The number of hydrogen-bond donors (Lipinski definition) is 1. The lowest BCUT2D eigenvalue weighted by molar-refractivity contribution is 0.541. The quantitative estimate of drug-likeness (QED) is 0.696. The van der Waals surface area contributed by atoms with E-state index < -0.39 is 0 Å². The summed E-state index contributed by atoms with van der Waals surface area (Å²) in [5.74, 6) is 0. The van der Waals surface area contributed by atoms with Crippen LogP contribution in [0.15, 0.2) is 37.1 Å². The van der Waals surface area contributed by atoms with Crippen LogP contribution in [0.25, 0.3) is 0 Å². The van der Waals surface area contributed by atoms with Gasteiger partial charge in [0.15, 0.2) is 0 Å². The molecular weight excluding hydrogens is 160 g/mol. The van der Waals surface area contributed by atoms with Crippen LogP contribution in [0.2, 0.25) is 0 Å². The molecule has 13 heavy (non-hydrogen) atoms. The van der Waals surface area contributed by atoms with Gasteiger partial charge in [-0.2, -0.15) is 0 Å². The van der Waals surface area contributed by atoms with Gasteiger partial charge in [-0.1, -0.05) is 12.1 Å². The maximum absolute atomic E-state index is 4.31. The van der Waals surface area contributed by atoms with Crippen LogP contribution in [0.1, 0.15) is 24.6 Å². The minimum atomic E-state index is 0.346. The monoisotopic (exact) mass is 176 g/mol. The highest BCUT2D eigenvalue weighted by Gasteiger charge is 2.07. The van der Waals surface area contributed by atoms with Crippen LogP contribution in [-0.2, 0) is 0 Å². The molecule has 0 aliphatic rings. The molecule has 0 saturated carbocycles. The van der Waals surface area contributed by atoms with Crippen molar-refractivity contribution in [1.82, 2.24) is 10.3 Å². The summed E-state index contributed by atoms with van der Waals surface area (Å²) in [6, 6.07) is 6.34. The van der Waals surface area contributed by atoms with Crippen LogP contribution >= 0.6 is 0 Å². The van der Waals surface area contributed by atoms with E-state index in [2.05, 4.69) is 16.9 Å². The van der Waals surface area contributed by atoms with E-state index in [1.54, 1.807) is 0 Å². The van der Waals surface area contributed by atoms with Crippen molar-refractivity contribution < 1.29 is 0 Å². The van der Waals surface area contributed by atoms with Gasteiger partial charge in [-0.3, -0.25) is 4.98 Å². The largest absolute Gasteiger partial charge is 0.312 e. The van der Waals surface area contributed by atoms with E-state index in [9.17, 15) is 0 Å². The molecule has 0 radical (unpaired) electrons. The molecule has 0 bridgehead atoms. The first-order chi connectivity index (χ1) is 6.38. The van der Waals surface area contributed by atoms with Crippen molar-refractivity contribution in [3.05, 3.63) is 42.7 Å². The van der Waals surface area contributed by atoms with Crippen molar-refractivity contribution in [2.24, 2.45) is 0 Å². The second-order valence-corrected chi connectivity index (χ2v) is 2.96. The zero-order valence-electron chi connectivity index (χ0n) is 8.03. The maximum Gasteiger partial charge on any atom is 0.0573 e. The second-order valence-electron chi connectivity index (χ2n) is 2.96. The van der Waals surface area contributed by atoms with Crippen LogP contribution in [0, 0.1) is 0 Å². The zero-order valence-corrected chi connectivity index (χ0v) is 8.03. The van der Waals surface area contributed by atoms with Gasteiger partial charge in [0.1, 0.15) is 0 Å². The molecule has 1 aromatic rings. The smallest absolute Gasteiger partial charge is 0.0573 e. The molecule has 2 nitrogen and oxygen atoms in total. The van der Waals surface area contributed by atoms with Crippen LogP contribution in [-0.4, -0.2) is 12.0 Å². The normalized spacial score (nSPS) is 12.4. The van der Waals surface area contributed by atoms with E-state index >= 15 is 0 Å². The SMILES string of the molecule is C=CCCC(NC)c1ccccn1. The molecule has 70 valence electrons. The third-order valence-electron chi connectivity index (χ3n) is 2.05. The van der Waals surface area contributed by atoms with Gasteiger partial charge in [-0.15, -0.1) is 6.58 Å².